The van der Waals surface area contributed by atoms with Crippen molar-refractivity contribution >= 4 is 34.9 Å². The largest absolute Gasteiger partial charge is 0.333 e. The fraction of sp³-hybridized carbons (Fsp3) is 0.250. The molecule has 2 N–H and O–H groups in total. The number of urea groups is 1. The molecule has 0 spiro atoms. The van der Waals surface area contributed by atoms with Crippen LogP contribution in [0.2, 0.25) is 0 Å². The Morgan fingerprint density at radius 2 is 2.00 bits per heavy atom. The van der Waals surface area contributed by atoms with Crippen molar-refractivity contribution in [3.63, 3.8) is 0 Å². The number of rotatable bonds is 4. The summed E-state index contributed by atoms with van der Waals surface area (Å²) in [6.45, 7) is 2.29. The summed E-state index contributed by atoms with van der Waals surface area (Å²) in [5, 5.41) is 5.65. The number of halogens is 2. The number of nitrogens with one attached hydrogen (secondary N) is 2. The summed E-state index contributed by atoms with van der Waals surface area (Å²) in [6.07, 6.45) is 0.975. The molecule has 0 bridgehead atoms. The molecule has 1 aromatic carbocycles. The van der Waals surface area contributed by atoms with Gasteiger partial charge in [-0.3, -0.25) is 0 Å². The van der Waals surface area contributed by atoms with Gasteiger partial charge in [0.15, 0.2) is 0 Å². The maximum absolute atomic E-state index is 11.4. The second-order valence-electron chi connectivity index (χ2n) is 3.41. The summed E-state index contributed by atoms with van der Waals surface area (Å²) >= 11 is 11.0. The van der Waals surface area contributed by atoms with Crippen molar-refractivity contribution < 1.29 is 4.79 Å². The van der Waals surface area contributed by atoms with Gasteiger partial charge < -0.3 is 10.6 Å². The second kappa shape index (κ2) is 7.20. The van der Waals surface area contributed by atoms with Crippen LogP contribution < -0.4 is 10.6 Å². The average molecular weight is 273 g/mol. The Hall–Kier alpha value is -1.19. The molecule has 0 aliphatic rings. The Morgan fingerprint density at radius 1 is 1.35 bits per heavy atom. The summed E-state index contributed by atoms with van der Waals surface area (Å²) in [5.41, 5.74) is 3.19. The molecule has 1 aromatic rings. The highest BCUT2D eigenvalue weighted by Crippen LogP contribution is 2.09. The van der Waals surface area contributed by atoms with E-state index in [9.17, 15) is 4.79 Å². The highest BCUT2D eigenvalue weighted by Gasteiger charge is 2.01. The zero-order valence-electron chi connectivity index (χ0n) is 9.47. The number of hydrogen-bond donors (Lipinski definition) is 2. The van der Waals surface area contributed by atoms with Crippen molar-refractivity contribution in [2.24, 2.45) is 0 Å². The van der Waals surface area contributed by atoms with E-state index in [0.717, 1.165) is 12.1 Å². The molecule has 0 aliphatic carbocycles. The molecule has 0 heterocycles. The van der Waals surface area contributed by atoms with Gasteiger partial charge in [-0.15, -0.1) is 0 Å². The standard InChI is InChI=1S/C12H14Cl2N2O/c1-2-9-3-5-11(6-4-9)16-12(17)15-8-10(14)7-13/h3-7H,2,8H2,1H3,(H2,15,16,17). The summed E-state index contributed by atoms with van der Waals surface area (Å²) < 4.78 is 0. The Balaban J connectivity index is 2.45. The minimum Gasteiger partial charge on any atom is -0.333 e. The van der Waals surface area contributed by atoms with Crippen LogP contribution in [0.1, 0.15) is 12.5 Å². The number of carbonyl (C=O) groups is 1. The molecule has 0 aliphatic heterocycles. The first-order chi connectivity index (χ1) is 8.15. The van der Waals surface area contributed by atoms with Crippen LogP contribution in [0.15, 0.2) is 34.8 Å². The summed E-state index contributed by atoms with van der Waals surface area (Å²) in [4.78, 5) is 11.4. The molecular formula is C12H14Cl2N2O. The lowest BCUT2D eigenvalue weighted by molar-refractivity contribution is 0.253. The first-order valence-electron chi connectivity index (χ1n) is 5.24. The van der Waals surface area contributed by atoms with E-state index in [4.69, 9.17) is 23.2 Å². The molecule has 1 rings (SSSR count). The number of hydrogen-bond acceptors (Lipinski definition) is 1. The lowest BCUT2D eigenvalue weighted by Crippen LogP contribution is -2.29. The monoisotopic (exact) mass is 272 g/mol. The van der Waals surface area contributed by atoms with Crippen LogP contribution in [0, 0.1) is 0 Å². The van der Waals surface area contributed by atoms with Gasteiger partial charge in [-0.2, -0.15) is 0 Å². The Morgan fingerprint density at radius 3 is 2.53 bits per heavy atom. The Labute approximate surface area is 111 Å². The van der Waals surface area contributed by atoms with Gasteiger partial charge in [-0.1, -0.05) is 42.3 Å². The van der Waals surface area contributed by atoms with Crippen LogP contribution in [-0.2, 0) is 6.42 Å². The molecule has 0 aromatic heterocycles. The third-order valence-corrected chi connectivity index (χ3v) is 2.77. The molecule has 0 atom stereocenters. The molecule has 0 saturated carbocycles. The van der Waals surface area contributed by atoms with Crippen LogP contribution in [0.4, 0.5) is 10.5 Å². The van der Waals surface area contributed by atoms with Crippen LogP contribution in [0.25, 0.3) is 0 Å². The average Bonchev–Trinajstić information content (AvgIpc) is 2.36. The van der Waals surface area contributed by atoms with E-state index < -0.39 is 0 Å². The molecular weight excluding hydrogens is 259 g/mol. The van der Waals surface area contributed by atoms with Crippen LogP contribution in [-0.4, -0.2) is 12.6 Å². The van der Waals surface area contributed by atoms with Gasteiger partial charge in [0.05, 0.1) is 6.54 Å². The number of aryl methyl sites for hydroxylation is 1. The minimum atomic E-state index is -0.314. The first-order valence-corrected chi connectivity index (χ1v) is 6.05. The summed E-state index contributed by atoms with van der Waals surface area (Å²) in [5.74, 6) is 0. The Bertz CT molecular complexity index is 401. The second-order valence-corrected chi connectivity index (χ2v) is 4.12. The van der Waals surface area contributed by atoms with Gasteiger partial charge in [0, 0.05) is 16.3 Å². The van der Waals surface area contributed by atoms with E-state index in [1.54, 1.807) is 0 Å². The fourth-order valence-electron chi connectivity index (χ4n) is 1.20. The van der Waals surface area contributed by atoms with Gasteiger partial charge in [-0.05, 0) is 24.1 Å². The maximum Gasteiger partial charge on any atom is 0.319 e. The molecule has 17 heavy (non-hydrogen) atoms. The molecule has 0 fully saturated rings. The molecule has 92 valence electrons. The van der Waals surface area contributed by atoms with E-state index in [2.05, 4.69) is 17.6 Å². The van der Waals surface area contributed by atoms with Crippen molar-refractivity contribution in [2.45, 2.75) is 13.3 Å². The van der Waals surface area contributed by atoms with Crippen molar-refractivity contribution in [2.75, 3.05) is 11.9 Å². The van der Waals surface area contributed by atoms with Gasteiger partial charge in [-0.25, -0.2) is 4.79 Å². The van der Waals surface area contributed by atoms with Crippen LogP contribution >= 0.6 is 23.2 Å². The summed E-state index contributed by atoms with van der Waals surface area (Å²) in [7, 11) is 0. The number of benzene rings is 1. The third kappa shape index (κ3) is 5.11. The topological polar surface area (TPSA) is 41.1 Å². The van der Waals surface area contributed by atoms with Crippen LogP contribution in [0.5, 0.6) is 0 Å². The summed E-state index contributed by atoms with van der Waals surface area (Å²) in [6, 6.07) is 7.35. The van der Waals surface area contributed by atoms with Crippen molar-refractivity contribution in [1.82, 2.24) is 5.32 Å². The first kappa shape index (κ1) is 13.9. The smallest absolute Gasteiger partial charge is 0.319 e. The van der Waals surface area contributed by atoms with Gasteiger partial charge in [0.1, 0.15) is 0 Å². The SMILES string of the molecule is CCc1ccc(NC(=O)NCC(Cl)=CCl)cc1. The highest BCUT2D eigenvalue weighted by molar-refractivity contribution is 6.36. The van der Waals surface area contributed by atoms with E-state index in [0.29, 0.717) is 5.03 Å². The molecule has 0 radical (unpaired) electrons. The number of carbonyl (C=O) groups excluding carboxylic acids is 1. The zero-order chi connectivity index (χ0) is 12.7. The lowest BCUT2D eigenvalue weighted by Gasteiger charge is -2.07. The minimum absolute atomic E-state index is 0.212. The van der Waals surface area contributed by atoms with Crippen LogP contribution in [0.3, 0.4) is 0 Å². The van der Waals surface area contributed by atoms with Crippen molar-refractivity contribution in [3.8, 4) is 0 Å². The lowest BCUT2D eigenvalue weighted by atomic mass is 10.1. The normalized spacial score (nSPS) is 11.1. The molecule has 5 heteroatoms. The fourth-order valence-corrected chi connectivity index (χ4v) is 1.35. The Kier molecular flexibility index (Phi) is 5.87. The van der Waals surface area contributed by atoms with E-state index in [-0.39, 0.29) is 12.6 Å². The molecule has 3 nitrogen and oxygen atoms in total. The van der Waals surface area contributed by atoms with Gasteiger partial charge in [0.2, 0.25) is 0 Å². The van der Waals surface area contributed by atoms with E-state index in [1.807, 2.05) is 24.3 Å². The predicted octanol–water partition coefficient (Wildman–Crippen LogP) is 3.69. The van der Waals surface area contributed by atoms with E-state index in [1.165, 1.54) is 11.1 Å². The maximum atomic E-state index is 11.4. The van der Waals surface area contributed by atoms with Crippen molar-refractivity contribution in [3.05, 3.63) is 40.4 Å². The highest BCUT2D eigenvalue weighted by atomic mass is 35.5. The van der Waals surface area contributed by atoms with Gasteiger partial charge in [0.25, 0.3) is 0 Å². The molecule has 2 amide bonds. The van der Waals surface area contributed by atoms with E-state index >= 15 is 0 Å². The predicted molar refractivity (Wildman–Crippen MR) is 72.6 cm³/mol. The third-order valence-electron chi connectivity index (χ3n) is 2.16. The number of amides is 2. The number of anilines is 1. The quantitative estimate of drug-likeness (QED) is 0.863. The molecule has 0 saturated heterocycles. The zero-order valence-corrected chi connectivity index (χ0v) is 11.0. The van der Waals surface area contributed by atoms with Gasteiger partial charge >= 0.3 is 6.03 Å². The molecule has 0 unspecified atom stereocenters. The van der Waals surface area contributed by atoms with Crippen molar-refractivity contribution in [1.29, 1.82) is 0 Å².